The Morgan fingerprint density at radius 3 is 2.45 bits per heavy atom. The Bertz CT molecular complexity index is 725. The van der Waals surface area contributed by atoms with Crippen LogP contribution in [0.3, 0.4) is 0 Å². The van der Waals surface area contributed by atoms with Gasteiger partial charge in [0.05, 0.1) is 0 Å². The van der Waals surface area contributed by atoms with Gasteiger partial charge in [0.25, 0.3) is 5.91 Å². The molecule has 22 heavy (non-hydrogen) atoms. The molecule has 2 aromatic carbocycles. The van der Waals surface area contributed by atoms with Crippen molar-refractivity contribution in [1.82, 2.24) is 0 Å². The van der Waals surface area contributed by atoms with Crippen LogP contribution in [0.25, 0.3) is 0 Å². The van der Waals surface area contributed by atoms with Crippen LogP contribution in [0, 0.1) is 0 Å². The van der Waals surface area contributed by atoms with Gasteiger partial charge in [-0.15, -0.1) is 0 Å². The molecule has 2 rings (SSSR count). The van der Waals surface area contributed by atoms with Crippen LogP contribution >= 0.6 is 0 Å². The highest BCUT2D eigenvalue weighted by Gasteiger charge is 2.04. The maximum absolute atomic E-state index is 11.6. The molecule has 0 aliphatic heterocycles. The third-order valence-electron chi connectivity index (χ3n) is 2.73. The average Bonchev–Trinajstić information content (AvgIpc) is 2.48. The van der Waals surface area contributed by atoms with Crippen molar-refractivity contribution in [3.8, 4) is 11.5 Å². The third kappa shape index (κ3) is 4.28. The molecule has 0 heterocycles. The predicted molar refractivity (Wildman–Crippen MR) is 83.6 cm³/mol. The molecule has 1 N–H and O–H groups in total. The Labute approximate surface area is 130 Å². The van der Waals surface area contributed by atoms with Crippen molar-refractivity contribution in [3.63, 3.8) is 0 Å². The summed E-state index contributed by atoms with van der Waals surface area (Å²) in [5.74, 6) is 0.757. The van der Waals surface area contributed by atoms with Gasteiger partial charge >= 0.3 is 0 Å². The lowest BCUT2D eigenvalue weighted by Crippen LogP contribution is -2.11. The van der Waals surface area contributed by atoms with Gasteiger partial charge in [0, 0.05) is 22.2 Å². The summed E-state index contributed by atoms with van der Waals surface area (Å²) in [6.07, 6.45) is 0. The summed E-state index contributed by atoms with van der Waals surface area (Å²) in [4.78, 5) is 11.8. The predicted octanol–water partition coefficient (Wildman–Crippen LogP) is 3.23. The molecule has 0 saturated carbocycles. The molecule has 5 nitrogen and oxygen atoms in total. The van der Waals surface area contributed by atoms with Crippen molar-refractivity contribution in [2.45, 2.75) is 11.8 Å². The number of rotatable bonds is 5. The second-order valence-electron chi connectivity index (χ2n) is 4.57. The number of carbonyl (C=O) groups is 1. The fraction of sp³-hybridized carbons (Fsp3) is 0.0625. The number of nitrogens with one attached hydrogen (secondary N) is 1. The summed E-state index contributed by atoms with van der Waals surface area (Å²) in [6, 6.07) is 12.9. The lowest BCUT2D eigenvalue weighted by molar-refractivity contribution is -0.112. The van der Waals surface area contributed by atoms with Gasteiger partial charge in [-0.3, -0.25) is 9.00 Å². The van der Waals surface area contributed by atoms with Crippen LogP contribution in [0.2, 0.25) is 0 Å². The molecule has 0 fully saturated rings. The van der Waals surface area contributed by atoms with Crippen LogP contribution in [-0.2, 0) is 15.9 Å². The zero-order valence-corrected chi connectivity index (χ0v) is 12.7. The Kier molecular flexibility index (Phi) is 5.08. The van der Waals surface area contributed by atoms with Gasteiger partial charge in [0.15, 0.2) is 0 Å². The molecule has 0 aromatic heterocycles. The molecule has 1 atom stereocenters. The van der Waals surface area contributed by atoms with Gasteiger partial charge in [-0.2, -0.15) is 0 Å². The second-order valence-corrected chi connectivity index (χ2v) is 5.51. The van der Waals surface area contributed by atoms with Crippen LogP contribution in [0.4, 0.5) is 5.69 Å². The number of hydrogen-bond donors (Lipinski definition) is 1. The van der Waals surface area contributed by atoms with E-state index in [1.165, 1.54) is 12.1 Å². The molecule has 0 spiro atoms. The van der Waals surface area contributed by atoms with Crippen LogP contribution in [0.5, 0.6) is 11.5 Å². The smallest absolute Gasteiger partial charge is 0.250 e. The zero-order valence-electron chi connectivity index (χ0n) is 11.9. The Morgan fingerprint density at radius 2 is 1.86 bits per heavy atom. The summed E-state index contributed by atoms with van der Waals surface area (Å²) in [6.45, 7) is 5.19. The fourth-order valence-corrected chi connectivity index (χ4v) is 1.99. The number of hydrogen-bond acceptors (Lipinski definition) is 4. The van der Waals surface area contributed by atoms with Crippen LogP contribution < -0.4 is 10.1 Å². The molecule has 0 radical (unpaired) electrons. The quantitative estimate of drug-likeness (QED) is 0.678. The number of carbonyl (C=O) groups excluding carboxylic acids is 1. The zero-order chi connectivity index (χ0) is 16.1. The summed E-state index contributed by atoms with van der Waals surface area (Å²) in [5, 5.41) is 2.69. The first-order valence-corrected chi connectivity index (χ1v) is 7.47. The molecule has 0 bridgehead atoms. The summed E-state index contributed by atoms with van der Waals surface area (Å²) in [7, 11) is 0. The molecular formula is C16H14NO4S-. The van der Waals surface area contributed by atoms with Crippen molar-refractivity contribution in [3.05, 3.63) is 60.7 Å². The number of benzene rings is 2. The van der Waals surface area contributed by atoms with Crippen molar-refractivity contribution >= 4 is 22.7 Å². The standard InChI is InChI=1S/C16H15NO4S/c1-11(2)16(18)17-12-4-3-5-14(10-12)21-13-6-8-15(9-7-13)22(19)20/h3-10H,1H2,2H3,(H,17,18)(H,19,20)/p-1. The van der Waals surface area contributed by atoms with Gasteiger partial charge in [-0.05, 0) is 54.4 Å². The normalized spacial score (nSPS) is 11.5. The maximum atomic E-state index is 11.6. The summed E-state index contributed by atoms with van der Waals surface area (Å²) < 4.78 is 27.2. The molecule has 1 amide bonds. The third-order valence-corrected chi connectivity index (χ3v) is 3.39. The van der Waals surface area contributed by atoms with Gasteiger partial charge in [-0.1, -0.05) is 12.6 Å². The minimum absolute atomic E-state index is 0.190. The lowest BCUT2D eigenvalue weighted by Gasteiger charge is -2.10. The number of amides is 1. The first kappa shape index (κ1) is 15.9. The Morgan fingerprint density at radius 1 is 1.18 bits per heavy atom. The van der Waals surface area contributed by atoms with Crippen molar-refractivity contribution in [2.24, 2.45) is 0 Å². The van der Waals surface area contributed by atoms with E-state index in [1.807, 2.05) is 0 Å². The van der Waals surface area contributed by atoms with Gasteiger partial charge in [0.2, 0.25) is 0 Å². The highest BCUT2D eigenvalue weighted by Crippen LogP contribution is 2.25. The highest BCUT2D eigenvalue weighted by atomic mass is 32.2. The fourth-order valence-electron chi connectivity index (χ4n) is 1.63. The number of anilines is 1. The van der Waals surface area contributed by atoms with E-state index in [-0.39, 0.29) is 10.8 Å². The molecule has 2 aromatic rings. The van der Waals surface area contributed by atoms with Gasteiger partial charge in [-0.25, -0.2) is 0 Å². The van der Waals surface area contributed by atoms with Crippen molar-refractivity contribution < 1.29 is 18.3 Å². The van der Waals surface area contributed by atoms with E-state index >= 15 is 0 Å². The van der Waals surface area contributed by atoms with Crippen molar-refractivity contribution in [1.29, 1.82) is 0 Å². The Balaban J connectivity index is 2.11. The highest BCUT2D eigenvalue weighted by molar-refractivity contribution is 7.79. The first-order chi connectivity index (χ1) is 10.5. The molecular weight excluding hydrogens is 302 g/mol. The van der Waals surface area contributed by atoms with E-state index in [9.17, 15) is 13.6 Å². The topological polar surface area (TPSA) is 78.5 Å². The number of ether oxygens (including phenoxy) is 1. The van der Waals surface area contributed by atoms with Crippen LogP contribution in [0.15, 0.2) is 65.6 Å². The molecule has 114 valence electrons. The minimum Gasteiger partial charge on any atom is -0.768 e. The second kappa shape index (κ2) is 7.02. The molecule has 0 aliphatic rings. The van der Waals surface area contributed by atoms with E-state index < -0.39 is 11.1 Å². The van der Waals surface area contributed by atoms with E-state index in [0.29, 0.717) is 22.8 Å². The lowest BCUT2D eigenvalue weighted by atomic mass is 10.2. The van der Waals surface area contributed by atoms with E-state index in [2.05, 4.69) is 11.9 Å². The molecule has 6 heteroatoms. The Hall–Kier alpha value is -2.44. The maximum Gasteiger partial charge on any atom is 0.250 e. The monoisotopic (exact) mass is 316 g/mol. The van der Waals surface area contributed by atoms with Crippen LogP contribution in [-0.4, -0.2) is 14.7 Å². The average molecular weight is 316 g/mol. The first-order valence-electron chi connectivity index (χ1n) is 6.40. The van der Waals surface area contributed by atoms with Gasteiger partial charge in [0.1, 0.15) is 11.5 Å². The SMILES string of the molecule is C=C(C)C(=O)Nc1cccc(Oc2ccc(S(=O)[O-])cc2)c1. The van der Waals surface area contributed by atoms with Crippen LogP contribution in [0.1, 0.15) is 6.92 Å². The van der Waals surface area contributed by atoms with E-state index in [4.69, 9.17) is 4.74 Å². The summed E-state index contributed by atoms with van der Waals surface area (Å²) >= 11 is -2.26. The molecule has 0 aliphatic carbocycles. The molecule has 0 saturated heterocycles. The van der Waals surface area contributed by atoms with Gasteiger partial charge < -0.3 is 14.6 Å². The molecule has 1 unspecified atom stereocenters. The van der Waals surface area contributed by atoms with E-state index in [1.54, 1.807) is 43.3 Å². The minimum atomic E-state index is -2.26. The van der Waals surface area contributed by atoms with Crippen molar-refractivity contribution in [2.75, 3.05) is 5.32 Å². The van der Waals surface area contributed by atoms with E-state index in [0.717, 1.165) is 0 Å². The largest absolute Gasteiger partial charge is 0.768 e. The summed E-state index contributed by atoms with van der Waals surface area (Å²) in [5.41, 5.74) is 0.996.